The van der Waals surface area contributed by atoms with Crippen LogP contribution in [0.25, 0.3) is 0 Å². The van der Waals surface area contributed by atoms with Gasteiger partial charge in [0.1, 0.15) is 0 Å². The second-order valence-corrected chi connectivity index (χ2v) is 3.26. The van der Waals surface area contributed by atoms with Gasteiger partial charge in [0.05, 0.1) is 21.0 Å². The second-order valence-electron chi connectivity index (χ2n) is 2.03. The summed E-state index contributed by atoms with van der Waals surface area (Å²) in [5.41, 5.74) is -0.161. The first kappa shape index (κ1) is 13.6. The first-order valence-electron chi connectivity index (χ1n) is 2.88. The zero-order valence-electron chi connectivity index (χ0n) is 6.61. The van der Waals surface area contributed by atoms with Gasteiger partial charge in [-0.25, -0.2) is 0 Å². The van der Waals surface area contributed by atoms with Crippen molar-refractivity contribution in [2.45, 2.75) is 0 Å². The van der Waals surface area contributed by atoms with Crippen LogP contribution in [0.5, 0.6) is 0 Å². The fraction of sp³-hybridized carbons (Fsp3) is 0. The Morgan fingerprint density at radius 3 is 2.00 bits per heavy atom. The van der Waals surface area contributed by atoms with Crippen molar-refractivity contribution < 1.29 is 39.5 Å². The third-order valence-electron chi connectivity index (χ3n) is 1.23. The number of aromatic carboxylic acids is 1. The molecule has 0 radical (unpaired) electrons. The Morgan fingerprint density at radius 1 is 1.08 bits per heavy atom. The number of benzene rings is 1. The van der Waals surface area contributed by atoms with Gasteiger partial charge in [0.2, 0.25) is 0 Å². The van der Waals surface area contributed by atoms with Crippen molar-refractivity contribution in [1.82, 2.24) is 0 Å². The van der Waals surface area contributed by atoms with E-state index in [9.17, 15) is 9.90 Å². The maximum atomic E-state index is 10.4. The molecule has 0 heterocycles. The van der Waals surface area contributed by atoms with Crippen LogP contribution >= 0.6 is 34.8 Å². The molecule has 0 aliphatic heterocycles. The van der Waals surface area contributed by atoms with Gasteiger partial charge in [-0.3, -0.25) is 0 Å². The molecule has 0 fully saturated rings. The minimum absolute atomic E-state index is 0. The summed E-state index contributed by atoms with van der Waals surface area (Å²) in [6.07, 6.45) is 0. The van der Waals surface area contributed by atoms with Crippen LogP contribution in [0.3, 0.4) is 0 Å². The van der Waals surface area contributed by atoms with Crippen LogP contribution in [0.15, 0.2) is 12.1 Å². The normalized spacial score (nSPS) is 9.15. The molecule has 1 aromatic rings. The van der Waals surface area contributed by atoms with Gasteiger partial charge in [-0.1, -0.05) is 34.8 Å². The Balaban J connectivity index is 0.00000144. The quantitative estimate of drug-likeness (QED) is 0.472. The number of hydrogen-bond acceptors (Lipinski definition) is 2. The fourth-order valence-corrected chi connectivity index (χ4v) is 1.30. The van der Waals surface area contributed by atoms with Crippen LogP contribution in [-0.4, -0.2) is 5.97 Å². The van der Waals surface area contributed by atoms with Crippen LogP contribution in [0.1, 0.15) is 10.4 Å². The van der Waals surface area contributed by atoms with Crippen molar-refractivity contribution in [2.75, 3.05) is 0 Å². The summed E-state index contributed by atoms with van der Waals surface area (Å²) in [5.74, 6) is -1.38. The number of halogens is 3. The van der Waals surface area contributed by atoms with Crippen molar-refractivity contribution in [1.29, 1.82) is 0 Å². The fourth-order valence-electron chi connectivity index (χ4n) is 0.679. The van der Waals surface area contributed by atoms with Crippen molar-refractivity contribution in [3.63, 3.8) is 0 Å². The molecular weight excluding hydrogens is 245 g/mol. The van der Waals surface area contributed by atoms with E-state index in [1.165, 1.54) is 6.07 Å². The van der Waals surface area contributed by atoms with Gasteiger partial charge in [0.15, 0.2) is 0 Å². The summed E-state index contributed by atoms with van der Waals surface area (Å²) in [6.45, 7) is 0. The standard InChI is InChI=1S/C7H3Cl3O2.Na/c8-4-2-6(10)5(9)1-3(4)7(11)12;/h1-2H,(H,11,12);/q;+1/p-1. The molecule has 0 aromatic heterocycles. The van der Waals surface area contributed by atoms with Crippen molar-refractivity contribution in [3.05, 3.63) is 32.8 Å². The van der Waals surface area contributed by atoms with E-state index in [1.54, 1.807) is 0 Å². The molecule has 0 aliphatic rings. The van der Waals surface area contributed by atoms with E-state index in [2.05, 4.69) is 0 Å². The van der Waals surface area contributed by atoms with Crippen molar-refractivity contribution in [2.24, 2.45) is 0 Å². The van der Waals surface area contributed by atoms with Gasteiger partial charge < -0.3 is 9.90 Å². The summed E-state index contributed by atoms with van der Waals surface area (Å²) in [5, 5.41) is 10.8. The number of carboxylic acid groups (broad SMARTS) is 1. The summed E-state index contributed by atoms with van der Waals surface area (Å²) in [7, 11) is 0. The van der Waals surface area contributed by atoms with Crippen LogP contribution in [0, 0.1) is 0 Å². The first-order chi connectivity index (χ1) is 5.52. The van der Waals surface area contributed by atoms with Crippen LogP contribution < -0.4 is 34.7 Å². The van der Waals surface area contributed by atoms with E-state index in [0.29, 0.717) is 0 Å². The zero-order valence-corrected chi connectivity index (χ0v) is 10.9. The predicted molar refractivity (Wildman–Crippen MR) is 45.8 cm³/mol. The molecule has 0 spiro atoms. The Bertz CT molecular complexity index is 341. The van der Waals surface area contributed by atoms with Gasteiger partial charge >= 0.3 is 29.6 Å². The number of hydrogen-bond donors (Lipinski definition) is 0. The van der Waals surface area contributed by atoms with Crippen molar-refractivity contribution >= 4 is 40.8 Å². The molecule has 0 bridgehead atoms. The minimum Gasteiger partial charge on any atom is -0.545 e. The molecule has 0 amide bonds. The number of carbonyl (C=O) groups excluding carboxylic acids is 1. The van der Waals surface area contributed by atoms with Gasteiger partial charge in [-0.05, 0) is 12.1 Å². The maximum absolute atomic E-state index is 10.4. The molecule has 0 N–H and O–H groups in total. The summed E-state index contributed by atoms with van der Waals surface area (Å²) in [6, 6.07) is 2.41. The first-order valence-corrected chi connectivity index (χ1v) is 4.01. The zero-order chi connectivity index (χ0) is 9.30. The second kappa shape index (κ2) is 5.44. The van der Waals surface area contributed by atoms with Crippen molar-refractivity contribution in [3.8, 4) is 0 Å². The molecule has 0 saturated heterocycles. The Labute approximate surface area is 112 Å². The molecule has 2 nitrogen and oxygen atoms in total. The molecular formula is C7H2Cl3NaO2. The molecule has 0 saturated carbocycles. The smallest absolute Gasteiger partial charge is 0.545 e. The Morgan fingerprint density at radius 2 is 1.54 bits per heavy atom. The third-order valence-corrected chi connectivity index (χ3v) is 2.26. The molecule has 0 aliphatic carbocycles. The van der Waals surface area contributed by atoms with E-state index >= 15 is 0 Å². The number of rotatable bonds is 1. The van der Waals surface area contributed by atoms with Gasteiger partial charge in [-0.2, -0.15) is 0 Å². The van der Waals surface area contributed by atoms with Crippen LogP contribution in [0.4, 0.5) is 0 Å². The monoisotopic (exact) mass is 246 g/mol. The molecule has 0 atom stereocenters. The summed E-state index contributed by atoms with van der Waals surface area (Å²) < 4.78 is 0. The van der Waals surface area contributed by atoms with E-state index in [0.717, 1.165) is 6.07 Å². The Hall–Kier alpha value is 0.560. The molecule has 0 unspecified atom stereocenters. The molecule has 1 aromatic carbocycles. The van der Waals surface area contributed by atoms with Gasteiger partial charge in [0, 0.05) is 5.56 Å². The minimum atomic E-state index is -1.38. The average molecular weight is 247 g/mol. The molecule has 1 rings (SSSR count). The van der Waals surface area contributed by atoms with Gasteiger partial charge in [0.25, 0.3) is 0 Å². The number of carboxylic acids is 1. The summed E-state index contributed by atoms with van der Waals surface area (Å²) >= 11 is 16.6. The SMILES string of the molecule is O=C([O-])c1cc(Cl)c(Cl)cc1Cl.[Na+]. The van der Waals surface area contributed by atoms with Crippen LogP contribution in [-0.2, 0) is 0 Å². The molecule has 6 heteroatoms. The number of carbonyl (C=O) groups is 1. The van der Waals surface area contributed by atoms with E-state index in [4.69, 9.17) is 34.8 Å². The average Bonchev–Trinajstić information content (AvgIpc) is 1.96. The van der Waals surface area contributed by atoms with E-state index in [-0.39, 0.29) is 50.2 Å². The third kappa shape index (κ3) is 3.31. The maximum Gasteiger partial charge on any atom is 1.00 e. The molecule has 13 heavy (non-hydrogen) atoms. The van der Waals surface area contributed by atoms with E-state index in [1.807, 2.05) is 0 Å². The topological polar surface area (TPSA) is 40.1 Å². The Kier molecular flexibility index (Phi) is 5.68. The largest absolute Gasteiger partial charge is 1.00 e. The summed E-state index contributed by atoms with van der Waals surface area (Å²) in [4.78, 5) is 10.4. The molecule has 64 valence electrons. The predicted octanol–water partition coefficient (Wildman–Crippen LogP) is -0.986. The van der Waals surface area contributed by atoms with E-state index < -0.39 is 5.97 Å². The van der Waals surface area contributed by atoms with Gasteiger partial charge in [-0.15, -0.1) is 0 Å². The van der Waals surface area contributed by atoms with Crippen LogP contribution in [0.2, 0.25) is 15.1 Å².